The van der Waals surface area contributed by atoms with Crippen LogP contribution in [0.25, 0.3) is 0 Å². The summed E-state index contributed by atoms with van der Waals surface area (Å²) in [6, 6.07) is 0.949. The lowest BCUT2D eigenvalue weighted by molar-refractivity contribution is 0.0720. The summed E-state index contributed by atoms with van der Waals surface area (Å²) < 4.78 is 0. The van der Waals surface area contributed by atoms with Crippen molar-refractivity contribution in [3.8, 4) is 0 Å². The Bertz CT molecular complexity index is 172. The van der Waals surface area contributed by atoms with Gasteiger partial charge in [0.2, 0.25) is 0 Å². The van der Waals surface area contributed by atoms with Crippen molar-refractivity contribution in [3.63, 3.8) is 0 Å². The zero-order valence-corrected chi connectivity index (χ0v) is 10.2. The summed E-state index contributed by atoms with van der Waals surface area (Å²) in [4.78, 5) is 4.99. The zero-order chi connectivity index (χ0) is 11.3. The number of hydrogen-bond acceptors (Lipinski definition) is 4. The third kappa shape index (κ3) is 4.07. The normalized spacial score (nSPS) is 26.8. The predicted octanol–water partition coefficient (Wildman–Crippen LogP) is -0.311. The molecule has 0 aromatic carbocycles. The van der Waals surface area contributed by atoms with Crippen molar-refractivity contribution in [2.24, 2.45) is 11.5 Å². The number of rotatable bonds is 5. The topological polar surface area (TPSA) is 58.5 Å². The molecule has 90 valence electrons. The van der Waals surface area contributed by atoms with Gasteiger partial charge in [-0.2, -0.15) is 0 Å². The molecule has 1 heterocycles. The molecule has 4 heteroatoms. The molecule has 0 aromatic heterocycles. The first-order chi connectivity index (χ1) is 7.17. The van der Waals surface area contributed by atoms with Gasteiger partial charge < -0.3 is 11.5 Å². The van der Waals surface area contributed by atoms with E-state index in [2.05, 4.69) is 23.6 Å². The Hall–Kier alpha value is -0.160. The maximum absolute atomic E-state index is 5.83. The quantitative estimate of drug-likeness (QED) is 0.659. The van der Waals surface area contributed by atoms with Crippen molar-refractivity contribution in [1.29, 1.82) is 0 Å². The third-order valence-electron chi connectivity index (χ3n) is 3.12. The molecular weight excluding hydrogens is 188 g/mol. The van der Waals surface area contributed by atoms with Crippen LogP contribution >= 0.6 is 0 Å². The first-order valence-corrected chi connectivity index (χ1v) is 6.09. The van der Waals surface area contributed by atoms with Gasteiger partial charge in [0.25, 0.3) is 0 Å². The molecule has 0 amide bonds. The minimum absolute atomic E-state index is 0.281. The fourth-order valence-corrected chi connectivity index (χ4v) is 2.38. The molecule has 1 fully saturated rings. The minimum Gasteiger partial charge on any atom is -0.329 e. The molecule has 0 radical (unpaired) electrons. The molecular formula is C11H26N4. The highest BCUT2D eigenvalue weighted by Gasteiger charge is 2.24. The third-order valence-corrected chi connectivity index (χ3v) is 3.12. The van der Waals surface area contributed by atoms with E-state index < -0.39 is 0 Å². The van der Waals surface area contributed by atoms with Gasteiger partial charge in [0.1, 0.15) is 0 Å². The SMILES string of the molecule is CCC1CN(CC(C)N)CCN1CCN. The molecule has 0 aliphatic carbocycles. The van der Waals surface area contributed by atoms with Gasteiger partial charge in [0.05, 0.1) is 0 Å². The van der Waals surface area contributed by atoms with Crippen molar-refractivity contribution in [2.75, 3.05) is 39.3 Å². The minimum atomic E-state index is 0.281. The van der Waals surface area contributed by atoms with Crippen LogP contribution in [0.2, 0.25) is 0 Å². The number of hydrogen-bond donors (Lipinski definition) is 2. The van der Waals surface area contributed by atoms with E-state index in [0.717, 1.165) is 39.3 Å². The molecule has 0 bridgehead atoms. The van der Waals surface area contributed by atoms with Crippen LogP contribution in [0.1, 0.15) is 20.3 Å². The van der Waals surface area contributed by atoms with Crippen LogP contribution in [0.15, 0.2) is 0 Å². The van der Waals surface area contributed by atoms with E-state index in [9.17, 15) is 0 Å². The highest BCUT2D eigenvalue weighted by Crippen LogP contribution is 2.12. The van der Waals surface area contributed by atoms with E-state index in [0.29, 0.717) is 6.04 Å². The van der Waals surface area contributed by atoms with Crippen LogP contribution in [0.3, 0.4) is 0 Å². The summed E-state index contributed by atoms with van der Waals surface area (Å²) in [6.45, 7) is 10.6. The maximum atomic E-state index is 5.83. The maximum Gasteiger partial charge on any atom is 0.0221 e. The average molecular weight is 214 g/mol. The lowest BCUT2D eigenvalue weighted by Crippen LogP contribution is -2.55. The lowest BCUT2D eigenvalue weighted by Gasteiger charge is -2.41. The highest BCUT2D eigenvalue weighted by atomic mass is 15.3. The van der Waals surface area contributed by atoms with E-state index >= 15 is 0 Å². The predicted molar refractivity (Wildman–Crippen MR) is 64.8 cm³/mol. The van der Waals surface area contributed by atoms with Crippen LogP contribution < -0.4 is 11.5 Å². The van der Waals surface area contributed by atoms with E-state index in [4.69, 9.17) is 11.5 Å². The van der Waals surface area contributed by atoms with Crippen LogP contribution in [0, 0.1) is 0 Å². The van der Waals surface area contributed by atoms with Crippen molar-refractivity contribution in [1.82, 2.24) is 9.80 Å². The van der Waals surface area contributed by atoms with Crippen LogP contribution in [0.5, 0.6) is 0 Å². The number of piperazine rings is 1. The van der Waals surface area contributed by atoms with Crippen molar-refractivity contribution < 1.29 is 0 Å². The summed E-state index contributed by atoms with van der Waals surface area (Å²) in [5.41, 5.74) is 11.4. The molecule has 2 unspecified atom stereocenters. The fraction of sp³-hybridized carbons (Fsp3) is 1.00. The molecule has 0 aromatic rings. The first kappa shape index (κ1) is 12.9. The summed E-state index contributed by atoms with van der Waals surface area (Å²) in [5.74, 6) is 0. The van der Waals surface area contributed by atoms with Gasteiger partial charge in [-0.3, -0.25) is 9.80 Å². The molecule has 0 saturated carbocycles. The monoisotopic (exact) mass is 214 g/mol. The lowest BCUT2D eigenvalue weighted by atomic mass is 10.1. The fourth-order valence-electron chi connectivity index (χ4n) is 2.38. The van der Waals surface area contributed by atoms with E-state index in [1.165, 1.54) is 6.42 Å². The summed E-state index contributed by atoms with van der Waals surface area (Å²) in [5, 5.41) is 0. The second-order valence-corrected chi connectivity index (χ2v) is 4.62. The van der Waals surface area contributed by atoms with Crippen LogP contribution in [-0.2, 0) is 0 Å². The van der Waals surface area contributed by atoms with Crippen molar-refractivity contribution in [3.05, 3.63) is 0 Å². The summed E-state index contributed by atoms with van der Waals surface area (Å²) >= 11 is 0. The van der Waals surface area contributed by atoms with Gasteiger partial charge in [-0.25, -0.2) is 0 Å². The highest BCUT2D eigenvalue weighted by molar-refractivity contribution is 4.82. The smallest absolute Gasteiger partial charge is 0.0221 e. The Morgan fingerprint density at radius 2 is 2.13 bits per heavy atom. The zero-order valence-electron chi connectivity index (χ0n) is 10.2. The second kappa shape index (κ2) is 6.43. The average Bonchev–Trinajstić information content (AvgIpc) is 2.20. The van der Waals surface area contributed by atoms with Gasteiger partial charge in [-0.05, 0) is 13.3 Å². The number of nitrogens with two attached hydrogens (primary N) is 2. The summed E-state index contributed by atoms with van der Waals surface area (Å²) in [7, 11) is 0. The Morgan fingerprint density at radius 3 is 2.67 bits per heavy atom. The Labute approximate surface area is 93.6 Å². The van der Waals surface area contributed by atoms with E-state index in [1.54, 1.807) is 0 Å². The molecule has 1 aliphatic heterocycles. The summed E-state index contributed by atoms with van der Waals surface area (Å²) in [6.07, 6.45) is 1.20. The molecule has 4 N–H and O–H groups in total. The van der Waals surface area contributed by atoms with Crippen LogP contribution in [-0.4, -0.2) is 61.2 Å². The van der Waals surface area contributed by atoms with Crippen molar-refractivity contribution >= 4 is 0 Å². The molecule has 4 nitrogen and oxygen atoms in total. The molecule has 1 aliphatic rings. The number of nitrogens with zero attached hydrogens (tertiary/aromatic N) is 2. The Kier molecular flexibility index (Phi) is 5.53. The van der Waals surface area contributed by atoms with Gasteiger partial charge >= 0.3 is 0 Å². The van der Waals surface area contributed by atoms with Gasteiger partial charge in [0, 0.05) is 51.4 Å². The molecule has 15 heavy (non-hydrogen) atoms. The van der Waals surface area contributed by atoms with Crippen LogP contribution in [0.4, 0.5) is 0 Å². The standard InChI is InChI=1S/C11H26N4/c1-3-11-9-14(8-10(2)13)6-7-15(11)5-4-12/h10-11H,3-9,12-13H2,1-2H3. The van der Waals surface area contributed by atoms with E-state index in [-0.39, 0.29) is 6.04 Å². The van der Waals surface area contributed by atoms with Gasteiger partial charge in [-0.15, -0.1) is 0 Å². The Morgan fingerprint density at radius 1 is 1.40 bits per heavy atom. The molecule has 1 saturated heterocycles. The Balaban J connectivity index is 2.40. The second-order valence-electron chi connectivity index (χ2n) is 4.62. The van der Waals surface area contributed by atoms with Crippen molar-refractivity contribution in [2.45, 2.75) is 32.4 Å². The van der Waals surface area contributed by atoms with Gasteiger partial charge in [-0.1, -0.05) is 6.92 Å². The first-order valence-electron chi connectivity index (χ1n) is 6.09. The van der Waals surface area contributed by atoms with Gasteiger partial charge in [0.15, 0.2) is 0 Å². The van der Waals surface area contributed by atoms with E-state index in [1.807, 2.05) is 0 Å². The molecule has 2 atom stereocenters. The molecule has 1 rings (SSSR count). The largest absolute Gasteiger partial charge is 0.329 e. The molecule has 0 spiro atoms.